The lowest BCUT2D eigenvalue weighted by Gasteiger charge is -2.27. The maximum atomic E-state index is 12.5. The van der Waals surface area contributed by atoms with Gasteiger partial charge in [0.25, 0.3) is 0 Å². The molecule has 0 aliphatic rings. The number of hydrogen-bond donors (Lipinski definition) is 2. The Balaban J connectivity index is 2.04. The summed E-state index contributed by atoms with van der Waals surface area (Å²) in [6.07, 6.45) is 0.330. The highest BCUT2D eigenvalue weighted by Gasteiger charge is 2.40. The van der Waals surface area contributed by atoms with Crippen LogP contribution in [0.4, 0.5) is 0 Å². The number of nitrogens with two attached hydrogens (primary N) is 2. The van der Waals surface area contributed by atoms with E-state index < -0.39 is 11.4 Å². The summed E-state index contributed by atoms with van der Waals surface area (Å²) < 4.78 is 6.86. The van der Waals surface area contributed by atoms with E-state index in [1.165, 1.54) is 0 Å². The molecule has 4 aromatic rings. The number of carbonyl (C=O) groups excluding carboxylic acids is 1. The van der Waals surface area contributed by atoms with Crippen LogP contribution in [-0.2, 0) is 10.3 Å². The third-order valence-corrected chi connectivity index (χ3v) is 5.08. The molecule has 30 heavy (non-hydrogen) atoms. The molecule has 0 saturated heterocycles. The zero-order valence-electron chi connectivity index (χ0n) is 17.2. The van der Waals surface area contributed by atoms with Crippen LogP contribution in [0.25, 0.3) is 27.9 Å². The second-order valence-electron chi connectivity index (χ2n) is 7.79. The molecule has 0 saturated carbocycles. The number of primary amides is 1. The summed E-state index contributed by atoms with van der Waals surface area (Å²) in [4.78, 5) is 21.9. The van der Waals surface area contributed by atoms with E-state index in [4.69, 9.17) is 26.2 Å². The second kappa shape index (κ2) is 7.38. The normalized spacial score (nSPS) is 13.6. The number of rotatable bonds is 6. The van der Waals surface area contributed by atoms with Crippen molar-refractivity contribution in [3.8, 4) is 17.1 Å². The fourth-order valence-corrected chi connectivity index (χ4v) is 3.67. The van der Waals surface area contributed by atoms with E-state index in [9.17, 15) is 4.79 Å². The first-order chi connectivity index (χ1) is 14.3. The highest BCUT2D eigenvalue weighted by molar-refractivity contribution is 5.93. The van der Waals surface area contributed by atoms with E-state index in [1.54, 1.807) is 11.6 Å². The summed E-state index contributed by atoms with van der Waals surface area (Å²) in [7, 11) is 1.60. The molecule has 8 nitrogen and oxygen atoms in total. The molecule has 0 aliphatic carbocycles. The number of amides is 1. The van der Waals surface area contributed by atoms with Crippen LogP contribution in [0.3, 0.4) is 0 Å². The lowest BCUT2D eigenvalue weighted by Crippen LogP contribution is -2.51. The number of ether oxygens (including phenoxy) is 1. The average Bonchev–Trinajstić information content (AvgIpc) is 3.18. The van der Waals surface area contributed by atoms with Crippen molar-refractivity contribution in [2.45, 2.75) is 25.8 Å². The molecule has 0 spiro atoms. The van der Waals surface area contributed by atoms with Gasteiger partial charge in [-0.25, -0.2) is 9.97 Å². The molecule has 0 aliphatic heterocycles. The average molecular weight is 404 g/mol. The summed E-state index contributed by atoms with van der Waals surface area (Å²) >= 11 is 0. The molecular weight excluding hydrogens is 380 g/mol. The van der Waals surface area contributed by atoms with Gasteiger partial charge in [0.05, 0.1) is 12.6 Å². The molecule has 1 atom stereocenters. The summed E-state index contributed by atoms with van der Waals surface area (Å²) in [6.45, 7) is 3.96. The first-order valence-electron chi connectivity index (χ1n) is 9.72. The minimum absolute atomic E-state index is 0.118. The molecule has 8 heteroatoms. The van der Waals surface area contributed by atoms with Gasteiger partial charge in [0.2, 0.25) is 5.91 Å². The van der Waals surface area contributed by atoms with Crippen LogP contribution >= 0.6 is 0 Å². The number of carbonyl (C=O) groups is 1. The topological polar surface area (TPSA) is 121 Å². The lowest BCUT2D eigenvalue weighted by atomic mass is 9.88. The van der Waals surface area contributed by atoms with Gasteiger partial charge in [0.1, 0.15) is 5.75 Å². The molecule has 2 aromatic heterocycles. The van der Waals surface area contributed by atoms with Crippen LogP contribution in [0.1, 0.15) is 26.1 Å². The Morgan fingerprint density at radius 3 is 2.63 bits per heavy atom. The predicted octanol–water partition coefficient (Wildman–Crippen LogP) is 2.64. The highest BCUT2D eigenvalue weighted by Crippen LogP contribution is 2.30. The van der Waals surface area contributed by atoms with Crippen molar-refractivity contribution >= 4 is 22.5 Å². The van der Waals surface area contributed by atoms with Gasteiger partial charge in [-0.1, -0.05) is 38.1 Å². The monoisotopic (exact) mass is 404 g/mol. The van der Waals surface area contributed by atoms with Crippen LogP contribution in [0, 0.1) is 5.92 Å². The molecule has 4 rings (SSSR count). The van der Waals surface area contributed by atoms with Crippen molar-refractivity contribution < 1.29 is 9.53 Å². The Kier molecular flexibility index (Phi) is 4.87. The highest BCUT2D eigenvalue weighted by atomic mass is 16.5. The zero-order chi connectivity index (χ0) is 21.5. The van der Waals surface area contributed by atoms with Crippen molar-refractivity contribution in [2.75, 3.05) is 7.11 Å². The van der Waals surface area contributed by atoms with Gasteiger partial charge in [-0.05, 0) is 36.6 Å². The fraction of sp³-hybridized carbons (Fsp3) is 0.273. The summed E-state index contributed by atoms with van der Waals surface area (Å²) in [6, 6.07) is 15.0. The molecule has 4 N–H and O–H groups in total. The minimum atomic E-state index is -1.49. The number of methoxy groups -OCH3 is 1. The van der Waals surface area contributed by atoms with Gasteiger partial charge in [-0.3, -0.25) is 4.79 Å². The molecule has 2 heterocycles. The van der Waals surface area contributed by atoms with Gasteiger partial charge < -0.3 is 16.2 Å². The Labute approximate surface area is 173 Å². The molecule has 0 radical (unpaired) electrons. The molecule has 0 fully saturated rings. The standard InChI is InChI=1S/C22H24N6O2/c1-13(2)12-22(24,20(23)29)21-25-17-10-5-4-9-16(17)19-26-18(27-28(19)21)14-7-6-8-15(11-14)30-3/h4-11,13H,12,24H2,1-3H3,(H2,23,29)/t22-/m1/s1. The number of para-hydroxylation sites is 1. The quantitative estimate of drug-likeness (QED) is 0.509. The third kappa shape index (κ3) is 3.25. The van der Waals surface area contributed by atoms with E-state index in [0.29, 0.717) is 29.2 Å². The van der Waals surface area contributed by atoms with Crippen molar-refractivity contribution in [3.63, 3.8) is 0 Å². The lowest BCUT2D eigenvalue weighted by molar-refractivity contribution is -0.124. The maximum Gasteiger partial charge on any atom is 0.245 e. The van der Waals surface area contributed by atoms with Gasteiger partial charge in [-0.2, -0.15) is 4.52 Å². The van der Waals surface area contributed by atoms with Crippen molar-refractivity contribution in [3.05, 3.63) is 54.4 Å². The van der Waals surface area contributed by atoms with Gasteiger partial charge in [-0.15, -0.1) is 5.10 Å². The fourth-order valence-electron chi connectivity index (χ4n) is 3.67. The van der Waals surface area contributed by atoms with Crippen molar-refractivity contribution in [1.82, 2.24) is 19.6 Å². The number of nitrogens with zero attached hydrogens (tertiary/aromatic N) is 4. The summed E-state index contributed by atoms with van der Waals surface area (Å²) in [5.41, 5.74) is 12.8. The van der Waals surface area contributed by atoms with E-state index >= 15 is 0 Å². The SMILES string of the molecule is COc1cccc(-c2nc3c4ccccc4nc([C@@](N)(CC(C)C)C(N)=O)n3n2)c1. The van der Waals surface area contributed by atoms with E-state index in [2.05, 4.69) is 5.10 Å². The number of fused-ring (bicyclic) bond motifs is 3. The zero-order valence-corrected chi connectivity index (χ0v) is 17.2. The van der Waals surface area contributed by atoms with Crippen molar-refractivity contribution in [2.24, 2.45) is 17.4 Å². The van der Waals surface area contributed by atoms with Crippen LogP contribution < -0.4 is 16.2 Å². The third-order valence-electron chi connectivity index (χ3n) is 5.08. The number of benzene rings is 2. The maximum absolute atomic E-state index is 12.5. The number of hydrogen-bond acceptors (Lipinski definition) is 6. The second-order valence-corrected chi connectivity index (χ2v) is 7.79. The Morgan fingerprint density at radius 2 is 1.93 bits per heavy atom. The Hall–Kier alpha value is -3.52. The molecule has 0 bridgehead atoms. The molecule has 154 valence electrons. The van der Waals surface area contributed by atoms with Crippen molar-refractivity contribution in [1.29, 1.82) is 0 Å². The smallest absolute Gasteiger partial charge is 0.245 e. The first-order valence-corrected chi connectivity index (χ1v) is 9.72. The Bertz CT molecular complexity index is 1250. The van der Waals surface area contributed by atoms with Crippen LogP contribution in [0.15, 0.2) is 48.5 Å². The van der Waals surface area contributed by atoms with E-state index in [1.807, 2.05) is 62.4 Å². The Morgan fingerprint density at radius 1 is 1.17 bits per heavy atom. The van der Waals surface area contributed by atoms with Gasteiger partial charge in [0, 0.05) is 10.9 Å². The predicted molar refractivity (Wildman–Crippen MR) is 115 cm³/mol. The van der Waals surface area contributed by atoms with E-state index in [-0.39, 0.29) is 11.7 Å². The van der Waals surface area contributed by atoms with Crippen LogP contribution in [0.5, 0.6) is 5.75 Å². The van der Waals surface area contributed by atoms with Crippen LogP contribution in [-0.4, -0.2) is 32.6 Å². The largest absolute Gasteiger partial charge is 0.497 e. The summed E-state index contributed by atoms with van der Waals surface area (Å²) in [5.74, 6) is 0.911. The first kappa shape index (κ1) is 19.8. The molecule has 1 amide bonds. The summed E-state index contributed by atoms with van der Waals surface area (Å²) in [5, 5.41) is 5.47. The van der Waals surface area contributed by atoms with E-state index in [0.717, 1.165) is 10.9 Å². The molecular formula is C22H24N6O2. The van der Waals surface area contributed by atoms with Gasteiger partial charge in [0.15, 0.2) is 22.8 Å². The van der Waals surface area contributed by atoms with Gasteiger partial charge >= 0.3 is 0 Å². The minimum Gasteiger partial charge on any atom is -0.497 e. The number of aromatic nitrogens is 4. The molecule has 2 aromatic carbocycles. The molecule has 0 unspecified atom stereocenters. The van der Waals surface area contributed by atoms with Crippen LogP contribution in [0.2, 0.25) is 0 Å².